The minimum absolute atomic E-state index is 0.274. The van der Waals surface area contributed by atoms with Crippen LogP contribution in [0.1, 0.15) is 38.8 Å². The van der Waals surface area contributed by atoms with E-state index in [1.807, 2.05) is 0 Å². The first-order chi connectivity index (χ1) is 8.91. The van der Waals surface area contributed by atoms with Crippen LogP contribution in [0.25, 0.3) is 0 Å². The van der Waals surface area contributed by atoms with Gasteiger partial charge in [-0.1, -0.05) is 20.3 Å². The summed E-state index contributed by atoms with van der Waals surface area (Å²) in [7, 11) is 0. The average molecular weight is 273 g/mol. The Bertz CT molecular complexity index is 416. The quantitative estimate of drug-likeness (QED) is 0.911. The lowest BCUT2D eigenvalue weighted by Gasteiger charge is -2.21. The molecule has 3 nitrogen and oxygen atoms in total. The van der Waals surface area contributed by atoms with Gasteiger partial charge < -0.3 is 5.32 Å². The van der Waals surface area contributed by atoms with Crippen LogP contribution in [0.5, 0.6) is 0 Å². The van der Waals surface area contributed by atoms with Gasteiger partial charge in [0, 0.05) is 6.04 Å². The Morgan fingerprint density at radius 1 is 1.26 bits per heavy atom. The van der Waals surface area contributed by atoms with Gasteiger partial charge in [0.05, 0.1) is 0 Å². The van der Waals surface area contributed by atoms with Crippen molar-refractivity contribution in [1.82, 2.24) is 10.2 Å². The first-order valence-electron chi connectivity index (χ1n) is 6.59. The Labute approximate surface area is 110 Å². The summed E-state index contributed by atoms with van der Waals surface area (Å²) in [5.74, 6) is 1.61. The molecule has 106 valence electrons. The Morgan fingerprint density at radius 2 is 2.00 bits per heavy atom. The predicted molar refractivity (Wildman–Crippen MR) is 66.6 cm³/mol. The third-order valence-corrected chi connectivity index (χ3v) is 4.04. The Hall–Kier alpha value is -1.33. The van der Waals surface area contributed by atoms with E-state index in [4.69, 9.17) is 0 Å². The van der Waals surface area contributed by atoms with E-state index in [1.54, 1.807) is 0 Å². The molecular formula is C13H18F3N3. The summed E-state index contributed by atoms with van der Waals surface area (Å²) in [6.07, 6.45) is -1.11. The van der Waals surface area contributed by atoms with Crippen LogP contribution in [0.4, 0.5) is 19.0 Å². The van der Waals surface area contributed by atoms with Crippen molar-refractivity contribution in [2.24, 2.45) is 11.8 Å². The fraction of sp³-hybridized carbons (Fsp3) is 0.692. The van der Waals surface area contributed by atoms with Crippen molar-refractivity contribution in [1.29, 1.82) is 0 Å². The van der Waals surface area contributed by atoms with E-state index in [0.717, 1.165) is 25.3 Å². The van der Waals surface area contributed by atoms with Crippen molar-refractivity contribution >= 4 is 5.82 Å². The molecule has 2 rings (SSSR count). The normalized spacial score (nSPS) is 27.5. The lowest BCUT2D eigenvalue weighted by atomic mass is 9.93. The highest BCUT2D eigenvalue weighted by Crippen LogP contribution is 2.35. The van der Waals surface area contributed by atoms with Crippen molar-refractivity contribution < 1.29 is 13.2 Å². The van der Waals surface area contributed by atoms with Gasteiger partial charge in [-0.15, -0.1) is 10.2 Å². The summed E-state index contributed by atoms with van der Waals surface area (Å²) in [5.41, 5.74) is -0.955. The second-order valence-electron chi connectivity index (χ2n) is 5.16. The SMILES string of the molecule is CCC1CCC(Nc2ccc(C(F)(F)F)nn2)C1C. The van der Waals surface area contributed by atoms with Crippen molar-refractivity contribution in [2.45, 2.75) is 45.3 Å². The van der Waals surface area contributed by atoms with Gasteiger partial charge in [-0.3, -0.25) is 0 Å². The topological polar surface area (TPSA) is 37.8 Å². The molecule has 3 unspecified atom stereocenters. The maximum atomic E-state index is 12.4. The van der Waals surface area contributed by atoms with Crippen LogP contribution in [0, 0.1) is 11.8 Å². The van der Waals surface area contributed by atoms with Crippen molar-refractivity contribution in [3.8, 4) is 0 Å². The molecule has 1 aliphatic carbocycles. The number of hydrogen-bond acceptors (Lipinski definition) is 3. The molecule has 6 heteroatoms. The van der Waals surface area contributed by atoms with E-state index in [-0.39, 0.29) is 6.04 Å². The molecule has 1 aromatic rings. The lowest BCUT2D eigenvalue weighted by Crippen LogP contribution is -2.25. The number of anilines is 1. The van der Waals surface area contributed by atoms with Gasteiger partial charge >= 0.3 is 6.18 Å². The van der Waals surface area contributed by atoms with Gasteiger partial charge in [-0.2, -0.15) is 13.2 Å². The molecule has 1 saturated carbocycles. The number of halogens is 3. The van der Waals surface area contributed by atoms with Crippen molar-refractivity contribution in [3.63, 3.8) is 0 Å². The van der Waals surface area contributed by atoms with Crippen LogP contribution in [0.2, 0.25) is 0 Å². The summed E-state index contributed by atoms with van der Waals surface area (Å²) in [5, 5.41) is 10.0. The summed E-state index contributed by atoms with van der Waals surface area (Å²) in [4.78, 5) is 0. The first-order valence-corrected chi connectivity index (χ1v) is 6.59. The fourth-order valence-electron chi connectivity index (χ4n) is 2.78. The van der Waals surface area contributed by atoms with Crippen molar-refractivity contribution in [2.75, 3.05) is 5.32 Å². The Balaban J connectivity index is 2.01. The molecule has 1 aromatic heterocycles. The lowest BCUT2D eigenvalue weighted by molar-refractivity contribution is -0.141. The van der Waals surface area contributed by atoms with Crippen LogP contribution in [-0.4, -0.2) is 16.2 Å². The maximum Gasteiger partial charge on any atom is 0.435 e. The number of hydrogen-bond donors (Lipinski definition) is 1. The van der Waals surface area contributed by atoms with E-state index >= 15 is 0 Å². The number of alkyl halides is 3. The van der Waals surface area contributed by atoms with E-state index in [0.29, 0.717) is 17.7 Å². The molecule has 1 heterocycles. The third-order valence-electron chi connectivity index (χ3n) is 4.04. The summed E-state index contributed by atoms with van der Waals surface area (Å²) in [6, 6.07) is 2.59. The zero-order chi connectivity index (χ0) is 14.0. The molecule has 1 fully saturated rings. The Morgan fingerprint density at radius 3 is 2.47 bits per heavy atom. The van der Waals surface area contributed by atoms with Gasteiger partial charge in [0.15, 0.2) is 5.69 Å². The largest absolute Gasteiger partial charge is 0.435 e. The molecule has 0 saturated heterocycles. The minimum Gasteiger partial charge on any atom is -0.366 e. The highest BCUT2D eigenvalue weighted by atomic mass is 19.4. The minimum atomic E-state index is -4.43. The summed E-state index contributed by atoms with van der Waals surface area (Å²) in [6.45, 7) is 4.35. The first kappa shape index (κ1) is 14.1. The molecule has 0 aliphatic heterocycles. The molecule has 0 spiro atoms. The molecule has 0 radical (unpaired) electrons. The Kier molecular flexibility index (Phi) is 3.96. The highest BCUT2D eigenvalue weighted by molar-refractivity contribution is 5.35. The van der Waals surface area contributed by atoms with Crippen LogP contribution in [0.15, 0.2) is 12.1 Å². The monoisotopic (exact) mass is 273 g/mol. The molecule has 1 N–H and O–H groups in total. The zero-order valence-electron chi connectivity index (χ0n) is 11.0. The highest BCUT2D eigenvalue weighted by Gasteiger charge is 2.34. The molecule has 1 aliphatic rings. The van der Waals surface area contributed by atoms with Gasteiger partial charge in [0.2, 0.25) is 0 Å². The standard InChI is InChI=1S/C13H18F3N3/c1-3-9-4-5-10(8(9)2)17-12-7-6-11(18-19-12)13(14,15)16/h6-10H,3-5H2,1-2H3,(H,17,19). The van der Waals surface area contributed by atoms with E-state index in [2.05, 4.69) is 29.4 Å². The summed E-state index contributed by atoms with van der Waals surface area (Å²) >= 11 is 0. The predicted octanol–water partition coefficient (Wildman–Crippen LogP) is 3.73. The van der Waals surface area contributed by atoms with Crippen LogP contribution in [-0.2, 0) is 6.18 Å². The third kappa shape index (κ3) is 3.16. The van der Waals surface area contributed by atoms with Crippen molar-refractivity contribution in [3.05, 3.63) is 17.8 Å². The van der Waals surface area contributed by atoms with Crippen LogP contribution >= 0.6 is 0 Å². The second kappa shape index (κ2) is 5.35. The number of nitrogens with zero attached hydrogens (tertiary/aromatic N) is 2. The summed E-state index contributed by atoms with van der Waals surface area (Å²) < 4.78 is 37.1. The maximum absolute atomic E-state index is 12.4. The molecular weight excluding hydrogens is 255 g/mol. The van der Waals surface area contributed by atoms with E-state index in [9.17, 15) is 13.2 Å². The fourth-order valence-corrected chi connectivity index (χ4v) is 2.78. The zero-order valence-corrected chi connectivity index (χ0v) is 11.0. The molecule has 0 aromatic carbocycles. The van der Waals surface area contributed by atoms with Crippen LogP contribution < -0.4 is 5.32 Å². The second-order valence-corrected chi connectivity index (χ2v) is 5.16. The number of aromatic nitrogens is 2. The van der Waals surface area contributed by atoms with Gasteiger partial charge in [0.25, 0.3) is 0 Å². The molecule has 19 heavy (non-hydrogen) atoms. The van der Waals surface area contributed by atoms with Crippen LogP contribution in [0.3, 0.4) is 0 Å². The van der Waals surface area contributed by atoms with Gasteiger partial charge in [-0.25, -0.2) is 0 Å². The van der Waals surface area contributed by atoms with E-state index in [1.165, 1.54) is 6.07 Å². The molecule has 0 bridgehead atoms. The molecule has 0 amide bonds. The molecule has 3 atom stereocenters. The van der Waals surface area contributed by atoms with Gasteiger partial charge in [-0.05, 0) is 36.8 Å². The smallest absolute Gasteiger partial charge is 0.366 e. The van der Waals surface area contributed by atoms with Gasteiger partial charge in [0.1, 0.15) is 5.82 Å². The average Bonchev–Trinajstić information content (AvgIpc) is 2.70. The number of rotatable bonds is 3. The van der Waals surface area contributed by atoms with E-state index < -0.39 is 11.9 Å². The number of nitrogens with one attached hydrogen (secondary N) is 1.